The van der Waals surface area contributed by atoms with Crippen molar-refractivity contribution in [2.24, 2.45) is 28.6 Å². The molecule has 0 radical (unpaired) electrons. The highest BCUT2D eigenvalue weighted by Gasteiger charge is 2.71. The molecule has 256 valence electrons. The quantitative estimate of drug-likeness (QED) is 0.257. The summed E-state index contributed by atoms with van der Waals surface area (Å²) >= 11 is 0. The van der Waals surface area contributed by atoms with Crippen LogP contribution in [0.25, 0.3) is 0 Å². The summed E-state index contributed by atoms with van der Waals surface area (Å²) in [5, 5.41) is 24.9. The number of carbonyl (C=O) groups is 2. The van der Waals surface area contributed by atoms with Crippen molar-refractivity contribution >= 4 is 12.3 Å². The van der Waals surface area contributed by atoms with E-state index in [-0.39, 0.29) is 48.1 Å². The Labute approximate surface area is 276 Å². The molecule has 1 aromatic rings. The normalized spacial score (nSPS) is 48.8. The molecule has 6 fully saturated rings. The van der Waals surface area contributed by atoms with Gasteiger partial charge in [0.05, 0.1) is 42.0 Å². The lowest BCUT2D eigenvalue weighted by Crippen LogP contribution is -2.69. The zero-order valence-electron chi connectivity index (χ0n) is 27.6. The summed E-state index contributed by atoms with van der Waals surface area (Å²) < 4.78 is 36.0. The van der Waals surface area contributed by atoms with Crippen LogP contribution in [0.5, 0.6) is 5.75 Å². The lowest BCUT2D eigenvalue weighted by molar-refractivity contribution is -0.278. The predicted molar refractivity (Wildman–Crippen MR) is 167 cm³/mol. The molecule has 4 saturated carbocycles. The number of carbonyl (C=O) groups excluding carboxylic acids is 2. The molecule has 10 nitrogen and oxygen atoms in total. The van der Waals surface area contributed by atoms with Crippen molar-refractivity contribution in [3.05, 3.63) is 41.5 Å². The maximum absolute atomic E-state index is 13.2. The minimum atomic E-state index is -1.22. The van der Waals surface area contributed by atoms with Gasteiger partial charge in [0.1, 0.15) is 24.7 Å². The average molecular weight is 653 g/mol. The van der Waals surface area contributed by atoms with E-state index in [2.05, 4.69) is 6.92 Å². The van der Waals surface area contributed by atoms with Crippen molar-refractivity contribution in [2.75, 3.05) is 13.7 Å². The number of aliphatic hydroxyl groups is 2. The van der Waals surface area contributed by atoms with Gasteiger partial charge in [-0.25, -0.2) is 4.79 Å². The number of benzene rings is 1. The molecule has 47 heavy (non-hydrogen) atoms. The molecule has 4 aliphatic carbocycles. The fraction of sp³-hybridized carbons (Fsp3) is 0.730. The Kier molecular flexibility index (Phi) is 7.70. The summed E-state index contributed by atoms with van der Waals surface area (Å²) in [7, 11) is 1.64. The number of hydrogen-bond donors (Lipinski definition) is 2. The van der Waals surface area contributed by atoms with E-state index in [9.17, 15) is 19.8 Å². The van der Waals surface area contributed by atoms with Crippen molar-refractivity contribution < 1.29 is 48.2 Å². The van der Waals surface area contributed by atoms with Crippen LogP contribution >= 0.6 is 0 Å². The van der Waals surface area contributed by atoms with Gasteiger partial charge in [0.2, 0.25) is 0 Å². The maximum Gasteiger partial charge on any atom is 0.331 e. The number of cyclic esters (lactones) is 1. The molecule has 8 rings (SSSR count). The van der Waals surface area contributed by atoms with Crippen LogP contribution in [-0.4, -0.2) is 78.1 Å². The molecule has 2 saturated heterocycles. The smallest absolute Gasteiger partial charge is 0.331 e. The van der Waals surface area contributed by atoms with Crippen LogP contribution in [0.1, 0.15) is 89.9 Å². The summed E-state index contributed by atoms with van der Waals surface area (Å²) in [6.07, 6.45) is 6.74. The Hall–Kier alpha value is -2.34. The highest BCUT2D eigenvalue weighted by Crippen LogP contribution is 2.70. The molecule has 0 bridgehead atoms. The maximum atomic E-state index is 13.2. The summed E-state index contributed by atoms with van der Waals surface area (Å²) in [5.74, 6) is 0.342. The second kappa shape index (κ2) is 11.4. The Bertz CT molecular complexity index is 1430. The number of aldehydes is 1. The van der Waals surface area contributed by atoms with Crippen molar-refractivity contribution in [3.63, 3.8) is 0 Å². The number of hydrogen-bond acceptors (Lipinski definition) is 10. The van der Waals surface area contributed by atoms with Crippen molar-refractivity contribution in [1.82, 2.24) is 0 Å². The molecule has 0 aromatic heterocycles. The van der Waals surface area contributed by atoms with Gasteiger partial charge < -0.3 is 43.4 Å². The SMILES string of the molecule is COc1ccc([C@@H]2O[C@H]3[C@H](C[C@H](O[C@H]4CC[C@]5(C=O)[C@H]6CC[C@]7(C)[C@@H](C8=CC(=O)OC8)CC[C@]7(O)[C@@H]6CC[C@]5(O)C4)O[C@@H]3C)O2)cc1. The van der Waals surface area contributed by atoms with Gasteiger partial charge in [-0.2, -0.15) is 0 Å². The average Bonchev–Trinajstić information content (AvgIpc) is 3.76. The van der Waals surface area contributed by atoms with E-state index in [4.69, 9.17) is 28.4 Å². The molecule has 0 spiro atoms. The molecule has 0 amide bonds. The minimum Gasteiger partial charge on any atom is -0.497 e. The minimum absolute atomic E-state index is 0.0789. The van der Waals surface area contributed by atoms with Gasteiger partial charge in [-0.15, -0.1) is 0 Å². The number of esters is 1. The lowest BCUT2D eigenvalue weighted by atomic mass is 9.41. The van der Waals surface area contributed by atoms with E-state index in [0.717, 1.165) is 42.4 Å². The molecule has 0 unspecified atom stereocenters. The van der Waals surface area contributed by atoms with Crippen LogP contribution in [0.3, 0.4) is 0 Å². The predicted octanol–water partition coefficient (Wildman–Crippen LogP) is 4.55. The van der Waals surface area contributed by atoms with Gasteiger partial charge in [0, 0.05) is 29.9 Å². The topological polar surface area (TPSA) is 130 Å². The van der Waals surface area contributed by atoms with Crippen LogP contribution in [0.2, 0.25) is 0 Å². The van der Waals surface area contributed by atoms with E-state index in [1.807, 2.05) is 31.2 Å². The summed E-state index contributed by atoms with van der Waals surface area (Å²) in [6.45, 7) is 4.44. The number of methoxy groups -OCH3 is 1. The Balaban J connectivity index is 0.948. The Morgan fingerprint density at radius 3 is 2.47 bits per heavy atom. The third kappa shape index (κ3) is 4.72. The van der Waals surface area contributed by atoms with Crippen LogP contribution in [0, 0.1) is 28.6 Å². The summed E-state index contributed by atoms with van der Waals surface area (Å²) in [6, 6.07) is 7.66. The zero-order valence-corrected chi connectivity index (χ0v) is 27.6. The van der Waals surface area contributed by atoms with Gasteiger partial charge in [-0.05, 0) is 93.7 Å². The molecule has 3 aliphatic heterocycles. The van der Waals surface area contributed by atoms with E-state index < -0.39 is 34.6 Å². The first-order valence-electron chi connectivity index (χ1n) is 17.6. The van der Waals surface area contributed by atoms with Gasteiger partial charge in [0.15, 0.2) is 12.6 Å². The molecule has 2 N–H and O–H groups in total. The number of fused-ring (bicyclic) bond motifs is 6. The standard InChI is InChI=1S/C37H48O10/c1-21-32-29(46-33(47-32)22-4-6-24(42-3)7-5-22)17-31(44-21)45-25-8-13-35(20-38)27-9-12-34(2)26(23-16-30(39)43-19-23)11-15-37(34,41)28(27)10-14-36(35,40)18-25/h4-7,16,20-21,25-29,31-33,40-41H,8-15,17-19H2,1-3H3/t21-,25+,26-,27+,28-,29+,31+,32-,33+,34-,35+,36+,37+/m1/s1. The van der Waals surface area contributed by atoms with Crippen LogP contribution in [0.4, 0.5) is 0 Å². The first-order chi connectivity index (χ1) is 22.5. The third-order valence-corrected chi connectivity index (χ3v) is 13.8. The first kappa shape index (κ1) is 31.9. The monoisotopic (exact) mass is 652 g/mol. The highest BCUT2D eigenvalue weighted by molar-refractivity contribution is 5.85. The first-order valence-corrected chi connectivity index (χ1v) is 17.6. The van der Waals surface area contributed by atoms with Crippen molar-refractivity contribution in [3.8, 4) is 5.75 Å². The molecule has 13 atom stereocenters. The van der Waals surface area contributed by atoms with Gasteiger partial charge in [-0.1, -0.05) is 19.1 Å². The Morgan fingerprint density at radius 2 is 1.74 bits per heavy atom. The van der Waals surface area contributed by atoms with Crippen molar-refractivity contribution in [1.29, 1.82) is 0 Å². The molecular formula is C37H48O10. The molecule has 3 heterocycles. The van der Waals surface area contributed by atoms with E-state index in [1.165, 1.54) is 0 Å². The van der Waals surface area contributed by atoms with Gasteiger partial charge in [-0.3, -0.25) is 0 Å². The second-order valence-electron chi connectivity index (χ2n) is 15.6. The fourth-order valence-electron chi connectivity index (χ4n) is 11.3. The Morgan fingerprint density at radius 1 is 0.957 bits per heavy atom. The van der Waals surface area contributed by atoms with Gasteiger partial charge in [0.25, 0.3) is 0 Å². The van der Waals surface area contributed by atoms with E-state index in [0.29, 0.717) is 51.6 Å². The second-order valence-corrected chi connectivity index (χ2v) is 15.6. The molecule has 7 aliphatic rings. The lowest BCUT2D eigenvalue weighted by Gasteiger charge is -2.65. The highest BCUT2D eigenvalue weighted by atomic mass is 16.8. The van der Waals surface area contributed by atoms with Crippen LogP contribution in [0.15, 0.2) is 35.9 Å². The molecule has 10 heteroatoms. The number of ether oxygens (including phenoxy) is 6. The molecular weight excluding hydrogens is 604 g/mol. The summed E-state index contributed by atoms with van der Waals surface area (Å²) in [5.41, 5.74) is -1.62. The summed E-state index contributed by atoms with van der Waals surface area (Å²) in [4.78, 5) is 25.1. The van der Waals surface area contributed by atoms with Crippen LogP contribution in [-0.2, 0) is 33.3 Å². The largest absolute Gasteiger partial charge is 0.497 e. The van der Waals surface area contributed by atoms with E-state index >= 15 is 0 Å². The van der Waals surface area contributed by atoms with E-state index in [1.54, 1.807) is 13.2 Å². The van der Waals surface area contributed by atoms with Gasteiger partial charge >= 0.3 is 5.97 Å². The fourth-order valence-corrected chi connectivity index (χ4v) is 11.3. The molecule has 1 aromatic carbocycles. The van der Waals surface area contributed by atoms with Crippen LogP contribution < -0.4 is 4.74 Å². The zero-order chi connectivity index (χ0) is 32.8. The number of rotatable bonds is 6. The van der Waals surface area contributed by atoms with Crippen molar-refractivity contribution in [2.45, 2.75) is 126 Å². The third-order valence-electron chi connectivity index (χ3n) is 13.8.